The first-order chi connectivity index (χ1) is 25.9. The summed E-state index contributed by atoms with van der Waals surface area (Å²) in [5, 5.41) is 16.2. The van der Waals surface area contributed by atoms with Crippen molar-refractivity contribution < 1.29 is 28.7 Å². The number of tetrazole rings is 1. The van der Waals surface area contributed by atoms with Crippen molar-refractivity contribution in [2.75, 3.05) is 13.2 Å². The lowest BCUT2D eigenvalue weighted by Crippen LogP contribution is -2.52. The fraction of sp³-hybridized carbons (Fsp3) is 0.500. The van der Waals surface area contributed by atoms with E-state index >= 15 is 0 Å². The van der Waals surface area contributed by atoms with Gasteiger partial charge in [-0.3, -0.25) is 14.4 Å². The number of alkyl carbamates (subject to hydrolysis) is 1. The van der Waals surface area contributed by atoms with E-state index in [4.69, 9.17) is 14.6 Å². The molecule has 0 unspecified atom stereocenters. The summed E-state index contributed by atoms with van der Waals surface area (Å²) >= 11 is 0. The first-order valence-corrected chi connectivity index (χ1v) is 19.0. The maximum Gasteiger partial charge on any atom is 0.408 e. The van der Waals surface area contributed by atoms with Crippen LogP contribution in [-0.2, 0) is 30.4 Å². The summed E-state index contributed by atoms with van der Waals surface area (Å²) in [6.07, 6.45) is 7.08. The zero-order valence-electron chi connectivity index (χ0n) is 32.0. The SMILES string of the molecule is C=CCCCCC[C@H](NC(=O)OC(C)(C)C)C(=O)N1C[C@H](c2nnn(Cc3ccc(-c4ccccc4)cc3)n2)C[C@H]1C(=O)C[C@]1(C(=O)OCC)C[C@H]1C=C. The highest BCUT2D eigenvalue weighted by atomic mass is 16.6. The number of carbonyl (C=O) groups is 4. The monoisotopic (exact) mass is 738 g/mol. The van der Waals surface area contributed by atoms with E-state index in [-0.39, 0.29) is 37.7 Å². The number of ether oxygens (including phenoxy) is 2. The zero-order chi connectivity index (χ0) is 38.9. The third kappa shape index (κ3) is 10.1. The summed E-state index contributed by atoms with van der Waals surface area (Å²) in [6.45, 7) is 15.4. The molecule has 288 valence electrons. The van der Waals surface area contributed by atoms with Gasteiger partial charge in [0.15, 0.2) is 11.6 Å². The second kappa shape index (κ2) is 17.8. The average Bonchev–Trinajstić information content (AvgIpc) is 3.42. The van der Waals surface area contributed by atoms with Crippen molar-refractivity contribution in [2.24, 2.45) is 11.3 Å². The Hall–Kier alpha value is -5.13. The van der Waals surface area contributed by atoms with E-state index in [0.29, 0.717) is 31.6 Å². The molecular weight excluding hydrogens is 684 g/mol. The first kappa shape index (κ1) is 40.1. The van der Waals surface area contributed by atoms with Crippen molar-refractivity contribution in [3.8, 4) is 11.1 Å². The molecule has 12 heteroatoms. The number of esters is 1. The molecule has 2 aliphatic rings. The minimum Gasteiger partial charge on any atom is -0.466 e. The van der Waals surface area contributed by atoms with Crippen LogP contribution >= 0.6 is 0 Å². The second-order valence-electron chi connectivity index (χ2n) is 15.4. The Labute approximate surface area is 318 Å². The van der Waals surface area contributed by atoms with Crippen molar-refractivity contribution in [3.63, 3.8) is 0 Å². The number of hydrogen-bond acceptors (Lipinski definition) is 9. The number of aromatic nitrogens is 4. The molecule has 0 radical (unpaired) electrons. The van der Waals surface area contributed by atoms with Crippen LogP contribution in [0.5, 0.6) is 0 Å². The van der Waals surface area contributed by atoms with Crippen LogP contribution in [0.4, 0.5) is 4.79 Å². The van der Waals surface area contributed by atoms with Crippen LogP contribution < -0.4 is 5.32 Å². The number of benzene rings is 2. The van der Waals surface area contributed by atoms with Crippen LogP contribution in [-0.4, -0.2) is 79.7 Å². The average molecular weight is 739 g/mol. The van der Waals surface area contributed by atoms with Crippen molar-refractivity contribution in [2.45, 2.75) is 109 Å². The Morgan fingerprint density at radius 3 is 2.39 bits per heavy atom. The highest BCUT2D eigenvalue weighted by Crippen LogP contribution is 2.57. The number of allylic oxidation sites excluding steroid dienone is 2. The van der Waals surface area contributed by atoms with E-state index in [1.807, 2.05) is 36.4 Å². The van der Waals surface area contributed by atoms with E-state index in [0.717, 1.165) is 36.0 Å². The van der Waals surface area contributed by atoms with Gasteiger partial charge in [0, 0.05) is 18.9 Å². The fourth-order valence-electron chi connectivity index (χ4n) is 7.23. The summed E-state index contributed by atoms with van der Waals surface area (Å²) in [6, 6.07) is 16.5. The second-order valence-corrected chi connectivity index (χ2v) is 15.4. The van der Waals surface area contributed by atoms with Crippen LogP contribution in [0.3, 0.4) is 0 Å². The molecule has 1 aliphatic heterocycles. The summed E-state index contributed by atoms with van der Waals surface area (Å²) in [7, 11) is 0. The van der Waals surface area contributed by atoms with Gasteiger partial charge in [0.2, 0.25) is 5.91 Å². The molecular formula is C42H54N6O6. The minimum atomic E-state index is -1.00. The lowest BCUT2D eigenvalue weighted by atomic mass is 9.91. The van der Waals surface area contributed by atoms with E-state index in [1.165, 1.54) is 9.70 Å². The van der Waals surface area contributed by atoms with Gasteiger partial charge < -0.3 is 19.7 Å². The highest BCUT2D eigenvalue weighted by molar-refractivity contribution is 5.96. The lowest BCUT2D eigenvalue weighted by molar-refractivity contribution is -0.152. The number of unbranched alkanes of at least 4 members (excludes halogenated alkanes) is 3. The Morgan fingerprint density at radius 1 is 1.02 bits per heavy atom. The van der Waals surface area contributed by atoms with Gasteiger partial charge in [-0.05, 0) is 87.6 Å². The molecule has 5 rings (SSSR count). The standard InChI is InChI=1S/C42H54N6O6/c1-7-10-11-12-16-19-34(43-40(52)54-41(4,5)6)38(50)47-28-32(24-35(47)36(49)26-42(25-33(42)8-2)39(51)53-9-3)37-44-46-48(45-37)27-29-20-22-31(23-21-29)30-17-14-13-15-18-30/h7-8,13-15,17-18,20-23,32-35H,1-2,9-12,16,19,24-28H2,3-6H3,(H,43,52)/t32-,33-,34+,35+,42-/m1/s1. The third-order valence-electron chi connectivity index (χ3n) is 10.2. The van der Waals surface area contributed by atoms with Crippen molar-refractivity contribution >= 4 is 23.8 Å². The van der Waals surface area contributed by atoms with Crippen LogP contribution in [0.25, 0.3) is 11.1 Å². The molecule has 0 bridgehead atoms. The van der Waals surface area contributed by atoms with Gasteiger partial charge in [0.05, 0.1) is 24.6 Å². The summed E-state index contributed by atoms with van der Waals surface area (Å²) in [4.78, 5) is 57.9. The quantitative estimate of drug-likeness (QED) is 0.0845. The van der Waals surface area contributed by atoms with Crippen LogP contribution in [0, 0.1) is 11.3 Å². The Kier molecular flexibility index (Phi) is 13.2. The summed E-state index contributed by atoms with van der Waals surface area (Å²) < 4.78 is 10.9. The van der Waals surface area contributed by atoms with E-state index in [2.05, 4.69) is 53.1 Å². The van der Waals surface area contributed by atoms with Gasteiger partial charge in [-0.1, -0.05) is 79.6 Å². The van der Waals surface area contributed by atoms with Gasteiger partial charge in [-0.25, -0.2) is 4.79 Å². The smallest absolute Gasteiger partial charge is 0.408 e. The van der Waals surface area contributed by atoms with Gasteiger partial charge in [-0.2, -0.15) is 4.80 Å². The highest BCUT2D eigenvalue weighted by Gasteiger charge is 2.61. The maximum atomic E-state index is 14.5. The Bertz CT molecular complexity index is 1780. The molecule has 1 N–H and O–H groups in total. The van der Waals surface area contributed by atoms with Crippen molar-refractivity contribution in [1.29, 1.82) is 0 Å². The van der Waals surface area contributed by atoms with Crippen molar-refractivity contribution in [1.82, 2.24) is 30.4 Å². The molecule has 1 aliphatic carbocycles. The predicted molar refractivity (Wildman–Crippen MR) is 205 cm³/mol. The molecule has 1 saturated carbocycles. The number of amides is 2. The fourth-order valence-corrected chi connectivity index (χ4v) is 7.23. The predicted octanol–water partition coefficient (Wildman–Crippen LogP) is 6.82. The Morgan fingerprint density at radius 2 is 1.74 bits per heavy atom. The van der Waals surface area contributed by atoms with Gasteiger partial charge in [0.25, 0.3) is 0 Å². The number of rotatable bonds is 18. The molecule has 2 amide bonds. The van der Waals surface area contributed by atoms with Crippen LogP contribution in [0.2, 0.25) is 0 Å². The molecule has 54 heavy (non-hydrogen) atoms. The molecule has 2 aromatic carbocycles. The Balaban J connectivity index is 1.37. The molecule has 12 nitrogen and oxygen atoms in total. The van der Waals surface area contributed by atoms with Crippen molar-refractivity contribution in [3.05, 3.63) is 91.3 Å². The molecule has 0 spiro atoms. The number of Topliss-reactive ketones (excluding diaryl/α,β-unsaturated/α-hetero) is 1. The molecule has 2 fully saturated rings. The zero-order valence-corrected chi connectivity index (χ0v) is 32.0. The van der Waals surface area contributed by atoms with Gasteiger partial charge in [-0.15, -0.1) is 23.4 Å². The minimum absolute atomic E-state index is 0.0888. The van der Waals surface area contributed by atoms with E-state index < -0.39 is 47.0 Å². The number of ketones is 1. The summed E-state index contributed by atoms with van der Waals surface area (Å²) in [5.41, 5.74) is 1.45. The van der Waals surface area contributed by atoms with Gasteiger partial charge in [0.1, 0.15) is 11.6 Å². The van der Waals surface area contributed by atoms with Gasteiger partial charge >= 0.3 is 12.1 Å². The lowest BCUT2D eigenvalue weighted by Gasteiger charge is -2.30. The van der Waals surface area contributed by atoms with Crippen LogP contribution in [0.15, 0.2) is 79.9 Å². The first-order valence-electron chi connectivity index (χ1n) is 19.0. The summed E-state index contributed by atoms with van der Waals surface area (Å²) in [5.74, 6) is -1.25. The van der Waals surface area contributed by atoms with E-state index in [9.17, 15) is 19.2 Å². The number of carbonyl (C=O) groups excluding carboxylic acids is 4. The molecule has 1 saturated heterocycles. The topological polar surface area (TPSA) is 146 Å². The molecule has 3 aromatic rings. The number of likely N-dealkylation sites (tertiary alicyclic amines) is 1. The maximum absolute atomic E-state index is 14.5. The van der Waals surface area contributed by atoms with Crippen LogP contribution in [0.1, 0.15) is 96.4 Å². The number of nitrogens with one attached hydrogen (secondary N) is 1. The number of nitrogens with zero attached hydrogens (tertiary/aromatic N) is 5. The molecule has 5 atom stereocenters. The molecule has 1 aromatic heterocycles. The molecule has 2 heterocycles. The van der Waals surface area contributed by atoms with E-state index in [1.54, 1.807) is 33.8 Å². The largest absolute Gasteiger partial charge is 0.466 e. The third-order valence-corrected chi connectivity index (χ3v) is 10.2. The number of hydrogen-bond donors (Lipinski definition) is 1. The normalized spacial score (nSPS) is 21.2.